The van der Waals surface area contributed by atoms with Gasteiger partial charge < -0.3 is 4.90 Å². The van der Waals surface area contributed by atoms with Gasteiger partial charge in [-0.3, -0.25) is 14.0 Å². The van der Waals surface area contributed by atoms with E-state index in [1.807, 2.05) is 42.2 Å². The first kappa shape index (κ1) is 16.0. The molecule has 4 rings (SSSR count). The summed E-state index contributed by atoms with van der Waals surface area (Å²) in [6, 6.07) is 9.64. The van der Waals surface area contributed by atoms with E-state index in [9.17, 15) is 4.79 Å². The highest BCUT2D eigenvalue weighted by Gasteiger charge is 2.23. The first-order valence-electron chi connectivity index (χ1n) is 8.87. The molecule has 130 valence electrons. The Bertz CT molecular complexity index is 929. The molecule has 25 heavy (non-hydrogen) atoms. The Balaban J connectivity index is 1.45. The molecule has 1 aromatic carbocycles. The summed E-state index contributed by atoms with van der Waals surface area (Å²) in [6.45, 7) is 3.66. The molecule has 0 aliphatic carbocycles. The van der Waals surface area contributed by atoms with Gasteiger partial charge in [0.2, 0.25) is 0 Å². The van der Waals surface area contributed by atoms with Gasteiger partial charge in [0.1, 0.15) is 0 Å². The number of aryl methyl sites for hydroxylation is 1. The minimum atomic E-state index is 0.0470. The van der Waals surface area contributed by atoms with Gasteiger partial charge in [-0.05, 0) is 37.6 Å². The summed E-state index contributed by atoms with van der Waals surface area (Å²) in [5.74, 6) is 0.521. The van der Waals surface area contributed by atoms with E-state index in [-0.39, 0.29) is 5.56 Å². The van der Waals surface area contributed by atoms with Gasteiger partial charge in [0.15, 0.2) is 0 Å². The highest BCUT2D eigenvalue weighted by atomic mass is 16.1. The topological polar surface area (TPSA) is 56.0 Å². The Morgan fingerprint density at radius 1 is 1.20 bits per heavy atom. The van der Waals surface area contributed by atoms with Crippen molar-refractivity contribution in [3.63, 3.8) is 0 Å². The monoisotopic (exact) mass is 337 g/mol. The van der Waals surface area contributed by atoms with Gasteiger partial charge in [-0.15, -0.1) is 0 Å². The van der Waals surface area contributed by atoms with Gasteiger partial charge in [0.05, 0.1) is 17.2 Å². The third kappa shape index (κ3) is 3.22. The molecule has 0 amide bonds. The summed E-state index contributed by atoms with van der Waals surface area (Å²) >= 11 is 0. The zero-order valence-electron chi connectivity index (χ0n) is 14.5. The predicted molar refractivity (Wildman–Crippen MR) is 97.6 cm³/mol. The quantitative estimate of drug-likeness (QED) is 0.731. The second-order valence-electron chi connectivity index (χ2n) is 6.78. The second kappa shape index (κ2) is 6.80. The lowest BCUT2D eigenvalue weighted by molar-refractivity contribution is 0.196. The molecule has 1 aliphatic heterocycles. The van der Waals surface area contributed by atoms with Crippen molar-refractivity contribution in [2.75, 3.05) is 19.6 Å². The van der Waals surface area contributed by atoms with E-state index in [0.29, 0.717) is 17.8 Å². The standard InChI is InChI=1S/C19H23N5O/c1-22-18(8-9-21-22)15-5-4-10-23(13-15)11-12-24-14-20-17-7-3-2-6-16(17)19(24)25/h2-3,6-9,14-15H,4-5,10-13H2,1H3/t15-/m1/s1. The van der Waals surface area contributed by atoms with E-state index in [1.54, 1.807) is 10.9 Å². The van der Waals surface area contributed by atoms with Gasteiger partial charge in [-0.25, -0.2) is 4.98 Å². The van der Waals surface area contributed by atoms with Crippen molar-refractivity contribution in [1.82, 2.24) is 24.2 Å². The molecular weight excluding hydrogens is 314 g/mol. The van der Waals surface area contributed by atoms with Crippen LogP contribution in [0.5, 0.6) is 0 Å². The van der Waals surface area contributed by atoms with Crippen LogP contribution < -0.4 is 5.56 Å². The summed E-state index contributed by atoms with van der Waals surface area (Å²) in [5, 5.41) is 4.99. The van der Waals surface area contributed by atoms with Crippen molar-refractivity contribution in [2.45, 2.75) is 25.3 Å². The third-order valence-corrected chi connectivity index (χ3v) is 5.17. The van der Waals surface area contributed by atoms with Crippen LogP contribution in [-0.4, -0.2) is 43.9 Å². The van der Waals surface area contributed by atoms with E-state index in [0.717, 1.165) is 25.2 Å². The van der Waals surface area contributed by atoms with Gasteiger partial charge in [0, 0.05) is 44.5 Å². The summed E-state index contributed by atoms with van der Waals surface area (Å²) < 4.78 is 3.71. The molecule has 0 unspecified atom stereocenters. The number of likely N-dealkylation sites (tertiary alicyclic amines) is 1. The number of hydrogen-bond donors (Lipinski definition) is 0. The highest BCUT2D eigenvalue weighted by molar-refractivity contribution is 5.76. The molecule has 1 aliphatic rings. The van der Waals surface area contributed by atoms with Crippen molar-refractivity contribution in [3.8, 4) is 0 Å². The van der Waals surface area contributed by atoms with Crippen molar-refractivity contribution < 1.29 is 0 Å². The van der Waals surface area contributed by atoms with Gasteiger partial charge in [-0.2, -0.15) is 5.10 Å². The Hall–Kier alpha value is -2.47. The zero-order chi connectivity index (χ0) is 17.2. The fourth-order valence-corrected chi connectivity index (χ4v) is 3.80. The molecular formula is C19H23N5O. The lowest BCUT2D eigenvalue weighted by Crippen LogP contribution is -2.38. The Kier molecular flexibility index (Phi) is 4.36. The summed E-state index contributed by atoms with van der Waals surface area (Å²) in [6.07, 6.45) is 5.93. The number of fused-ring (bicyclic) bond motifs is 1. The van der Waals surface area contributed by atoms with Crippen LogP contribution in [0.3, 0.4) is 0 Å². The lowest BCUT2D eigenvalue weighted by atomic mass is 9.95. The maximum absolute atomic E-state index is 12.6. The van der Waals surface area contributed by atoms with E-state index in [2.05, 4.69) is 21.0 Å². The Morgan fingerprint density at radius 3 is 2.92 bits per heavy atom. The molecule has 0 spiro atoms. The zero-order valence-corrected chi connectivity index (χ0v) is 14.5. The van der Waals surface area contributed by atoms with Crippen LogP contribution in [0, 0.1) is 0 Å². The molecule has 1 fully saturated rings. The molecule has 3 heterocycles. The molecule has 6 nitrogen and oxygen atoms in total. The normalized spacial score (nSPS) is 18.7. The first-order chi connectivity index (χ1) is 12.2. The predicted octanol–water partition coefficient (Wildman–Crippen LogP) is 2.01. The molecule has 1 atom stereocenters. The van der Waals surface area contributed by atoms with Crippen LogP contribution in [0.4, 0.5) is 0 Å². The molecule has 0 saturated carbocycles. The smallest absolute Gasteiger partial charge is 0.261 e. The van der Waals surface area contributed by atoms with E-state index >= 15 is 0 Å². The average Bonchev–Trinajstić information content (AvgIpc) is 3.08. The Morgan fingerprint density at radius 2 is 2.08 bits per heavy atom. The molecule has 6 heteroatoms. The highest BCUT2D eigenvalue weighted by Crippen LogP contribution is 2.26. The minimum absolute atomic E-state index is 0.0470. The van der Waals surface area contributed by atoms with Crippen molar-refractivity contribution in [3.05, 3.63) is 58.9 Å². The number of piperidine rings is 1. The molecule has 3 aromatic rings. The number of hydrogen-bond acceptors (Lipinski definition) is 4. The number of aromatic nitrogens is 4. The van der Waals surface area contributed by atoms with Crippen molar-refractivity contribution >= 4 is 10.9 Å². The van der Waals surface area contributed by atoms with Gasteiger partial charge in [0.25, 0.3) is 5.56 Å². The summed E-state index contributed by atoms with van der Waals surface area (Å²) in [5.41, 5.74) is 2.11. The fraction of sp³-hybridized carbons (Fsp3) is 0.421. The summed E-state index contributed by atoms with van der Waals surface area (Å²) in [4.78, 5) is 19.4. The second-order valence-corrected chi connectivity index (χ2v) is 6.78. The Labute approximate surface area is 146 Å². The number of benzene rings is 1. The van der Waals surface area contributed by atoms with Crippen LogP contribution in [-0.2, 0) is 13.6 Å². The SMILES string of the molecule is Cn1nccc1[C@@H]1CCCN(CCn2cnc3ccccc3c2=O)C1. The maximum atomic E-state index is 12.6. The van der Waals surface area contributed by atoms with Crippen molar-refractivity contribution in [1.29, 1.82) is 0 Å². The van der Waals surface area contributed by atoms with E-state index in [4.69, 9.17) is 0 Å². The fourth-order valence-electron chi connectivity index (χ4n) is 3.80. The molecule has 1 saturated heterocycles. The van der Waals surface area contributed by atoms with Crippen LogP contribution in [0.2, 0.25) is 0 Å². The maximum Gasteiger partial charge on any atom is 0.261 e. The van der Waals surface area contributed by atoms with E-state index in [1.165, 1.54) is 18.5 Å². The van der Waals surface area contributed by atoms with E-state index < -0.39 is 0 Å². The third-order valence-electron chi connectivity index (χ3n) is 5.17. The molecule has 0 N–H and O–H groups in total. The minimum Gasteiger partial charge on any atom is -0.301 e. The van der Waals surface area contributed by atoms with Crippen LogP contribution >= 0.6 is 0 Å². The largest absolute Gasteiger partial charge is 0.301 e. The van der Waals surface area contributed by atoms with Crippen LogP contribution in [0.1, 0.15) is 24.5 Å². The number of nitrogens with zero attached hydrogens (tertiary/aromatic N) is 5. The van der Waals surface area contributed by atoms with Gasteiger partial charge >= 0.3 is 0 Å². The van der Waals surface area contributed by atoms with Crippen LogP contribution in [0.25, 0.3) is 10.9 Å². The molecule has 0 bridgehead atoms. The number of rotatable bonds is 4. The molecule has 0 radical (unpaired) electrons. The number of para-hydroxylation sites is 1. The van der Waals surface area contributed by atoms with Crippen molar-refractivity contribution in [2.24, 2.45) is 7.05 Å². The molecule has 2 aromatic heterocycles. The van der Waals surface area contributed by atoms with Gasteiger partial charge in [-0.1, -0.05) is 12.1 Å². The average molecular weight is 337 g/mol. The lowest BCUT2D eigenvalue weighted by Gasteiger charge is -2.32. The van der Waals surface area contributed by atoms with Crippen LogP contribution in [0.15, 0.2) is 47.7 Å². The first-order valence-corrected chi connectivity index (χ1v) is 8.87. The summed E-state index contributed by atoms with van der Waals surface area (Å²) in [7, 11) is 2.01.